The zero-order valence-corrected chi connectivity index (χ0v) is 9.95. The fourth-order valence-corrected chi connectivity index (χ4v) is 1.92. The lowest BCUT2D eigenvalue weighted by Crippen LogP contribution is -2.25. The minimum Gasteiger partial charge on any atom is -0.361 e. The predicted octanol–water partition coefficient (Wildman–Crippen LogP) is 2.24. The van der Waals surface area contributed by atoms with E-state index in [1.165, 1.54) is 0 Å². The van der Waals surface area contributed by atoms with Gasteiger partial charge in [-0.2, -0.15) is 0 Å². The first-order chi connectivity index (χ1) is 6.53. The predicted molar refractivity (Wildman–Crippen MR) is 62.8 cm³/mol. The van der Waals surface area contributed by atoms with Crippen molar-refractivity contribution in [1.29, 1.82) is 0 Å². The number of thiazole rings is 1. The van der Waals surface area contributed by atoms with Crippen LogP contribution in [-0.4, -0.2) is 18.1 Å². The molecule has 80 valence electrons. The average molecular weight is 213 g/mol. The summed E-state index contributed by atoms with van der Waals surface area (Å²) in [5, 5.41) is 6.40. The van der Waals surface area contributed by atoms with Crippen LogP contribution in [0.4, 0.5) is 5.13 Å². The first-order valence-electron chi connectivity index (χ1n) is 4.89. The van der Waals surface area contributed by atoms with Crippen LogP contribution in [0.25, 0.3) is 0 Å². The minimum atomic E-state index is 0.244. The van der Waals surface area contributed by atoms with Crippen molar-refractivity contribution in [2.24, 2.45) is 11.1 Å². The molecule has 0 aliphatic heterocycles. The zero-order valence-electron chi connectivity index (χ0n) is 9.13. The van der Waals surface area contributed by atoms with Crippen molar-refractivity contribution in [3.63, 3.8) is 0 Å². The van der Waals surface area contributed by atoms with Crippen molar-refractivity contribution in [3.8, 4) is 0 Å². The van der Waals surface area contributed by atoms with Gasteiger partial charge in [-0.1, -0.05) is 13.8 Å². The number of nitrogens with zero attached hydrogens (tertiary/aromatic N) is 1. The first kappa shape index (κ1) is 11.5. The Morgan fingerprint density at radius 2 is 2.29 bits per heavy atom. The topological polar surface area (TPSA) is 50.9 Å². The molecule has 0 aliphatic carbocycles. The fraction of sp³-hybridized carbons (Fsp3) is 0.700. The number of anilines is 1. The van der Waals surface area contributed by atoms with E-state index >= 15 is 0 Å². The van der Waals surface area contributed by atoms with Crippen LogP contribution in [0.15, 0.2) is 5.38 Å². The monoisotopic (exact) mass is 213 g/mol. The van der Waals surface area contributed by atoms with Crippen LogP contribution in [0.3, 0.4) is 0 Å². The van der Waals surface area contributed by atoms with Gasteiger partial charge in [-0.25, -0.2) is 4.98 Å². The highest BCUT2D eigenvalue weighted by Crippen LogP contribution is 2.21. The molecule has 14 heavy (non-hydrogen) atoms. The second kappa shape index (κ2) is 4.75. The smallest absolute Gasteiger partial charge is 0.182 e. The van der Waals surface area contributed by atoms with E-state index < -0.39 is 0 Å². The van der Waals surface area contributed by atoms with Crippen LogP contribution in [0, 0.1) is 12.3 Å². The Kier molecular flexibility index (Phi) is 3.89. The van der Waals surface area contributed by atoms with Gasteiger partial charge >= 0.3 is 0 Å². The molecule has 0 amide bonds. The Labute approximate surface area is 89.7 Å². The molecule has 1 aromatic rings. The molecule has 0 atom stereocenters. The molecule has 0 saturated carbocycles. The number of nitrogens with two attached hydrogens (primary N) is 1. The summed E-state index contributed by atoms with van der Waals surface area (Å²) in [6, 6.07) is 0. The van der Waals surface area contributed by atoms with Gasteiger partial charge < -0.3 is 11.1 Å². The van der Waals surface area contributed by atoms with Crippen LogP contribution < -0.4 is 11.1 Å². The third kappa shape index (κ3) is 3.64. The van der Waals surface area contributed by atoms with Crippen molar-refractivity contribution in [2.45, 2.75) is 27.2 Å². The molecule has 1 heterocycles. The lowest BCUT2D eigenvalue weighted by molar-refractivity contribution is 0.365. The molecule has 0 unspecified atom stereocenters. The quantitative estimate of drug-likeness (QED) is 0.788. The molecule has 3 nitrogen and oxygen atoms in total. The van der Waals surface area contributed by atoms with Crippen LogP contribution in [-0.2, 0) is 0 Å². The summed E-state index contributed by atoms with van der Waals surface area (Å²) in [6.45, 7) is 8.11. The standard InChI is InChI=1S/C10H19N3S/c1-8-6-14-9(13-8)12-7-10(2,3)4-5-11/h6H,4-5,7,11H2,1-3H3,(H,12,13). The number of aromatic nitrogens is 1. The van der Waals surface area contributed by atoms with Crippen LogP contribution in [0.2, 0.25) is 0 Å². The van der Waals surface area contributed by atoms with E-state index in [2.05, 4.69) is 29.5 Å². The SMILES string of the molecule is Cc1csc(NCC(C)(C)CCN)n1. The maximum atomic E-state index is 5.55. The average Bonchev–Trinajstić information content (AvgIpc) is 2.48. The summed E-state index contributed by atoms with van der Waals surface area (Å²) >= 11 is 1.65. The largest absolute Gasteiger partial charge is 0.361 e. The third-order valence-corrected chi connectivity index (χ3v) is 3.08. The van der Waals surface area contributed by atoms with Crippen LogP contribution in [0.5, 0.6) is 0 Å². The maximum Gasteiger partial charge on any atom is 0.182 e. The van der Waals surface area contributed by atoms with Crippen molar-refractivity contribution < 1.29 is 0 Å². The number of nitrogens with one attached hydrogen (secondary N) is 1. The minimum absolute atomic E-state index is 0.244. The number of hydrogen-bond donors (Lipinski definition) is 2. The maximum absolute atomic E-state index is 5.55. The summed E-state index contributed by atoms with van der Waals surface area (Å²) < 4.78 is 0. The number of aryl methyl sites for hydroxylation is 1. The highest BCUT2D eigenvalue weighted by molar-refractivity contribution is 7.13. The van der Waals surface area contributed by atoms with Crippen molar-refractivity contribution in [3.05, 3.63) is 11.1 Å². The van der Waals surface area contributed by atoms with Gasteiger partial charge in [0.2, 0.25) is 0 Å². The Morgan fingerprint density at radius 1 is 1.57 bits per heavy atom. The van der Waals surface area contributed by atoms with Crippen molar-refractivity contribution >= 4 is 16.5 Å². The molecule has 0 bridgehead atoms. The van der Waals surface area contributed by atoms with E-state index in [0.717, 1.165) is 30.3 Å². The van der Waals surface area contributed by atoms with Crippen molar-refractivity contribution in [2.75, 3.05) is 18.4 Å². The molecule has 0 aliphatic rings. The summed E-state index contributed by atoms with van der Waals surface area (Å²) in [7, 11) is 0. The lowest BCUT2D eigenvalue weighted by Gasteiger charge is -2.23. The van der Waals surface area contributed by atoms with E-state index in [-0.39, 0.29) is 5.41 Å². The van der Waals surface area contributed by atoms with Gasteiger partial charge in [-0.15, -0.1) is 11.3 Å². The van der Waals surface area contributed by atoms with E-state index in [9.17, 15) is 0 Å². The molecule has 0 aromatic carbocycles. The van der Waals surface area contributed by atoms with E-state index in [1.54, 1.807) is 11.3 Å². The number of hydrogen-bond acceptors (Lipinski definition) is 4. The Hall–Kier alpha value is -0.610. The molecule has 1 aromatic heterocycles. The molecule has 1 rings (SSSR count). The third-order valence-electron chi connectivity index (χ3n) is 2.16. The fourth-order valence-electron chi connectivity index (χ4n) is 1.23. The van der Waals surface area contributed by atoms with Crippen LogP contribution >= 0.6 is 11.3 Å². The normalized spacial score (nSPS) is 11.7. The van der Waals surface area contributed by atoms with Gasteiger partial charge in [-0.3, -0.25) is 0 Å². The van der Waals surface area contributed by atoms with E-state index in [0.29, 0.717) is 0 Å². The lowest BCUT2D eigenvalue weighted by atomic mass is 9.89. The Balaban J connectivity index is 2.40. The van der Waals surface area contributed by atoms with E-state index in [4.69, 9.17) is 5.73 Å². The first-order valence-corrected chi connectivity index (χ1v) is 5.77. The summed E-state index contributed by atoms with van der Waals surface area (Å²) in [5.74, 6) is 0. The summed E-state index contributed by atoms with van der Waals surface area (Å²) in [5.41, 5.74) is 6.87. The number of rotatable bonds is 5. The van der Waals surface area contributed by atoms with Gasteiger partial charge in [0.05, 0.1) is 5.69 Å². The van der Waals surface area contributed by atoms with Gasteiger partial charge in [0, 0.05) is 11.9 Å². The Bertz CT molecular complexity index is 281. The Morgan fingerprint density at radius 3 is 2.79 bits per heavy atom. The van der Waals surface area contributed by atoms with Gasteiger partial charge in [-0.05, 0) is 25.3 Å². The van der Waals surface area contributed by atoms with Gasteiger partial charge in [0.25, 0.3) is 0 Å². The molecule has 0 fully saturated rings. The van der Waals surface area contributed by atoms with Crippen molar-refractivity contribution in [1.82, 2.24) is 4.98 Å². The van der Waals surface area contributed by atoms with Crippen LogP contribution in [0.1, 0.15) is 26.0 Å². The zero-order chi connectivity index (χ0) is 10.6. The summed E-state index contributed by atoms with van der Waals surface area (Å²) in [4.78, 5) is 4.35. The molecule has 0 radical (unpaired) electrons. The summed E-state index contributed by atoms with van der Waals surface area (Å²) in [6.07, 6.45) is 1.03. The van der Waals surface area contributed by atoms with Gasteiger partial charge in [0.1, 0.15) is 0 Å². The molecule has 4 heteroatoms. The molecular formula is C10H19N3S. The second-order valence-electron chi connectivity index (χ2n) is 4.35. The second-order valence-corrected chi connectivity index (χ2v) is 5.21. The van der Waals surface area contributed by atoms with Gasteiger partial charge in [0.15, 0.2) is 5.13 Å². The highest BCUT2D eigenvalue weighted by Gasteiger charge is 2.16. The molecule has 0 saturated heterocycles. The molecular weight excluding hydrogens is 194 g/mol. The molecule has 3 N–H and O–H groups in total. The highest BCUT2D eigenvalue weighted by atomic mass is 32.1. The van der Waals surface area contributed by atoms with E-state index in [1.807, 2.05) is 6.92 Å². The molecule has 0 spiro atoms.